The normalized spacial score (nSPS) is 10.2. The summed E-state index contributed by atoms with van der Waals surface area (Å²) in [5, 5.41) is 0. The Morgan fingerprint density at radius 1 is 1.29 bits per heavy atom. The van der Waals surface area contributed by atoms with Crippen molar-refractivity contribution in [3.05, 3.63) is 32.7 Å². The van der Waals surface area contributed by atoms with E-state index in [0.717, 1.165) is 20.3 Å². The van der Waals surface area contributed by atoms with Crippen molar-refractivity contribution in [1.29, 1.82) is 0 Å². The summed E-state index contributed by atoms with van der Waals surface area (Å²) in [6, 6.07) is 5.63. The summed E-state index contributed by atoms with van der Waals surface area (Å²) in [6.07, 6.45) is 2.61. The molecule has 1 aromatic carbocycles. The molecule has 4 heteroatoms. The molecule has 0 aliphatic rings. The Balaban J connectivity index is 2.79. The topological polar surface area (TPSA) is 17.1 Å². The lowest BCUT2D eigenvalue weighted by Crippen LogP contribution is -2.00. The Morgan fingerprint density at radius 3 is 2.36 bits per heavy atom. The Morgan fingerprint density at radius 2 is 1.86 bits per heavy atom. The molecule has 0 amide bonds. The summed E-state index contributed by atoms with van der Waals surface area (Å²) >= 11 is 8.41. The van der Waals surface area contributed by atoms with Crippen molar-refractivity contribution in [2.45, 2.75) is 6.42 Å². The fourth-order valence-electron chi connectivity index (χ4n) is 1.05. The number of benzene rings is 1. The van der Waals surface area contributed by atoms with Crippen LogP contribution in [0.1, 0.15) is 16.8 Å². The molecule has 0 aliphatic heterocycles. The van der Waals surface area contributed by atoms with E-state index < -0.39 is 0 Å². The first kappa shape index (κ1) is 12.3. The molecule has 1 rings (SSSR count). The first-order valence-electron chi connectivity index (χ1n) is 4.11. The van der Waals surface area contributed by atoms with Crippen LogP contribution in [0.25, 0.3) is 0 Å². The van der Waals surface area contributed by atoms with Gasteiger partial charge in [-0.3, -0.25) is 4.79 Å². The molecular formula is C10H10Br2OS. The molecule has 0 spiro atoms. The number of ketones is 1. The van der Waals surface area contributed by atoms with Crippen LogP contribution in [0.2, 0.25) is 0 Å². The zero-order valence-corrected chi connectivity index (χ0v) is 11.7. The molecule has 0 radical (unpaired) electrons. The molecule has 1 nitrogen and oxygen atoms in total. The third-order valence-electron chi connectivity index (χ3n) is 1.72. The van der Waals surface area contributed by atoms with E-state index in [1.807, 2.05) is 24.5 Å². The van der Waals surface area contributed by atoms with E-state index >= 15 is 0 Å². The lowest BCUT2D eigenvalue weighted by molar-refractivity contribution is 0.0989. The lowest BCUT2D eigenvalue weighted by Gasteiger charge is -2.01. The van der Waals surface area contributed by atoms with Crippen LogP contribution in [0.5, 0.6) is 0 Å². The highest BCUT2D eigenvalue weighted by Gasteiger charge is 2.06. The average Bonchev–Trinajstić information content (AvgIpc) is 2.12. The maximum absolute atomic E-state index is 11.7. The summed E-state index contributed by atoms with van der Waals surface area (Å²) in [5.74, 6) is 1.07. The highest BCUT2D eigenvalue weighted by atomic mass is 79.9. The van der Waals surface area contributed by atoms with Gasteiger partial charge in [-0.25, -0.2) is 0 Å². The van der Waals surface area contributed by atoms with Crippen molar-refractivity contribution in [3.8, 4) is 0 Å². The molecule has 0 fully saturated rings. The molecule has 0 atom stereocenters. The molecule has 76 valence electrons. The van der Waals surface area contributed by atoms with Gasteiger partial charge < -0.3 is 0 Å². The quantitative estimate of drug-likeness (QED) is 0.768. The molecule has 0 N–H and O–H groups in total. The number of hydrogen-bond donors (Lipinski definition) is 0. The standard InChI is InChI=1S/C10H10Br2OS/c1-14-3-2-10(13)7-4-8(11)6-9(12)5-7/h4-6H,2-3H2,1H3. The Bertz CT molecular complexity index is 319. The largest absolute Gasteiger partial charge is 0.294 e. The van der Waals surface area contributed by atoms with Crippen molar-refractivity contribution >= 4 is 49.4 Å². The Hall–Kier alpha value is 0.200. The monoisotopic (exact) mass is 336 g/mol. The molecule has 0 bridgehead atoms. The van der Waals surface area contributed by atoms with E-state index in [4.69, 9.17) is 0 Å². The smallest absolute Gasteiger partial charge is 0.163 e. The van der Waals surface area contributed by atoms with Gasteiger partial charge in [0.25, 0.3) is 0 Å². The van der Waals surface area contributed by atoms with Crippen LogP contribution >= 0.6 is 43.6 Å². The molecule has 0 unspecified atom stereocenters. The number of halogens is 2. The van der Waals surface area contributed by atoms with Gasteiger partial charge in [0, 0.05) is 26.7 Å². The highest BCUT2D eigenvalue weighted by Crippen LogP contribution is 2.21. The van der Waals surface area contributed by atoms with Crippen LogP contribution in [-0.2, 0) is 0 Å². The van der Waals surface area contributed by atoms with Crippen LogP contribution in [0.3, 0.4) is 0 Å². The lowest BCUT2D eigenvalue weighted by atomic mass is 10.1. The molecule has 14 heavy (non-hydrogen) atoms. The minimum absolute atomic E-state index is 0.196. The molecular weight excluding hydrogens is 328 g/mol. The highest BCUT2D eigenvalue weighted by molar-refractivity contribution is 9.11. The fraction of sp³-hybridized carbons (Fsp3) is 0.300. The number of rotatable bonds is 4. The van der Waals surface area contributed by atoms with Gasteiger partial charge in [0.05, 0.1) is 0 Å². The number of Topliss-reactive ketones (excluding diaryl/α,β-unsaturated/α-hetero) is 1. The van der Waals surface area contributed by atoms with E-state index in [9.17, 15) is 4.79 Å². The van der Waals surface area contributed by atoms with Gasteiger partial charge in [0.2, 0.25) is 0 Å². The van der Waals surface area contributed by atoms with Gasteiger partial charge in [-0.15, -0.1) is 0 Å². The third-order valence-corrected chi connectivity index (χ3v) is 3.25. The average molecular weight is 338 g/mol. The number of carbonyl (C=O) groups excluding carboxylic acids is 1. The zero-order valence-electron chi connectivity index (χ0n) is 7.72. The van der Waals surface area contributed by atoms with Crippen LogP contribution in [-0.4, -0.2) is 17.8 Å². The minimum Gasteiger partial charge on any atom is -0.294 e. The van der Waals surface area contributed by atoms with Gasteiger partial charge in [-0.2, -0.15) is 11.8 Å². The predicted molar refractivity (Wildman–Crippen MR) is 69.2 cm³/mol. The van der Waals surface area contributed by atoms with E-state index in [0.29, 0.717) is 6.42 Å². The molecule has 0 aromatic heterocycles. The summed E-state index contributed by atoms with van der Waals surface area (Å²) in [7, 11) is 0. The maximum Gasteiger partial charge on any atom is 0.163 e. The van der Waals surface area contributed by atoms with Crippen molar-refractivity contribution in [2.75, 3.05) is 12.0 Å². The second-order valence-electron chi connectivity index (χ2n) is 2.82. The molecule has 0 heterocycles. The summed E-state index contributed by atoms with van der Waals surface area (Å²) < 4.78 is 1.86. The van der Waals surface area contributed by atoms with Crippen molar-refractivity contribution in [1.82, 2.24) is 0 Å². The number of hydrogen-bond acceptors (Lipinski definition) is 2. The molecule has 1 aromatic rings. The second kappa shape index (κ2) is 5.93. The molecule has 0 saturated carbocycles. The van der Waals surface area contributed by atoms with Gasteiger partial charge in [-0.05, 0) is 24.5 Å². The van der Waals surface area contributed by atoms with Gasteiger partial charge in [-0.1, -0.05) is 31.9 Å². The Kier molecular flexibility index (Phi) is 5.20. The molecule has 0 aliphatic carbocycles. The SMILES string of the molecule is CSCCC(=O)c1cc(Br)cc(Br)c1. The number of carbonyl (C=O) groups is 1. The first-order valence-corrected chi connectivity index (χ1v) is 7.09. The van der Waals surface area contributed by atoms with Gasteiger partial charge in [0.15, 0.2) is 5.78 Å². The van der Waals surface area contributed by atoms with Gasteiger partial charge in [0.1, 0.15) is 0 Å². The summed E-state index contributed by atoms with van der Waals surface area (Å²) in [6.45, 7) is 0. The van der Waals surface area contributed by atoms with E-state index in [2.05, 4.69) is 31.9 Å². The van der Waals surface area contributed by atoms with Crippen LogP contribution in [0, 0.1) is 0 Å². The first-order chi connectivity index (χ1) is 6.63. The van der Waals surface area contributed by atoms with E-state index in [1.165, 1.54) is 0 Å². The summed E-state index contributed by atoms with van der Waals surface area (Å²) in [4.78, 5) is 11.7. The van der Waals surface area contributed by atoms with Crippen molar-refractivity contribution in [3.63, 3.8) is 0 Å². The van der Waals surface area contributed by atoms with E-state index in [-0.39, 0.29) is 5.78 Å². The predicted octanol–water partition coefficient (Wildman–Crippen LogP) is 4.15. The van der Waals surface area contributed by atoms with Crippen LogP contribution in [0.4, 0.5) is 0 Å². The van der Waals surface area contributed by atoms with E-state index in [1.54, 1.807) is 11.8 Å². The van der Waals surface area contributed by atoms with Crippen molar-refractivity contribution < 1.29 is 4.79 Å². The van der Waals surface area contributed by atoms with Crippen molar-refractivity contribution in [2.24, 2.45) is 0 Å². The second-order valence-corrected chi connectivity index (χ2v) is 5.64. The fourth-order valence-corrected chi connectivity index (χ4v) is 2.74. The summed E-state index contributed by atoms with van der Waals surface area (Å²) in [5.41, 5.74) is 0.764. The van der Waals surface area contributed by atoms with Crippen LogP contribution < -0.4 is 0 Å². The van der Waals surface area contributed by atoms with Gasteiger partial charge >= 0.3 is 0 Å². The Labute approximate surface area is 105 Å². The zero-order chi connectivity index (χ0) is 10.6. The van der Waals surface area contributed by atoms with Crippen LogP contribution in [0.15, 0.2) is 27.1 Å². The number of thioether (sulfide) groups is 1. The minimum atomic E-state index is 0.196. The maximum atomic E-state index is 11.7. The molecule has 0 saturated heterocycles. The third kappa shape index (κ3) is 3.75.